The maximum absolute atomic E-state index is 14.1. The summed E-state index contributed by atoms with van der Waals surface area (Å²) in [5.41, 5.74) is -2.81. The zero-order chi connectivity index (χ0) is 34.2. The number of aromatic nitrogens is 1. The average molecular weight is 721 g/mol. The lowest BCUT2D eigenvalue weighted by molar-refractivity contribution is -0.123. The fourth-order valence-electron chi connectivity index (χ4n) is 7.01. The Kier molecular flexibility index (Phi) is 7.34. The average Bonchev–Trinajstić information content (AvgIpc) is 3.54. The third kappa shape index (κ3) is 4.36. The molecule has 1 amide bonds. The number of carbonyl (C=O) groups is 5. The van der Waals surface area contributed by atoms with Crippen LogP contribution in [0.25, 0.3) is 10.8 Å². The first kappa shape index (κ1) is 31.4. The minimum atomic E-state index is -2.15. The van der Waals surface area contributed by atoms with E-state index >= 15 is 0 Å². The number of morpholine rings is 1. The number of aromatic amines is 1. The molecule has 4 aliphatic rings. The second-order valence-corrected chi connectivity index (χ2v) is 12.8. The highest BCUT2D eigenvalue weighted by Gasteiger charge is 2.61. The number of halogens is 1. The number of methoxy groups -OCH3 is 1. The molecule has 5 N–H and O–H groups in total. The van der Waals surface area contributed by atoms with Crippen LogP contribution in [-0.2, 0) is 26.1 Å². The number of phenolic OH excluding ortho intramolecular Hbond substituents is 3. The summed E-state index contributed by atoms with van der Waals surface area (Å²) in [6.45, 7) is 1.54. The third-order valence-corrected chi connectivity index (χ3v) is 10.0. The highest BCUT2D eigenvalue weighted by molar-refractivity contribution is 9.09. The van der Waals surface area contributed by atoms with Gasteiger partial charge in [0.1, 0.15) is 22.7 Å². The van der Waals surface area contributed by atoms with Gasteiger partial charge in [0.15, 0.2) is 23.1 Å². The molecule has 48 heavy (non-hydrogen) atoms. The minimum absolute atomic E-state index is 0.0593. The van der Waals surface area contributed by atoms with Crippen LogP contribution in [0.2, 0.25) is 0 Å². The van der Waals surface area contributed by atoms with Crippen molar-refractivity contribution in [1.82, 2.24) is 15.3 Å². The molecule has 0 radical (unpaired) electrons. The molecule has 1 aromatic heterocycles. The van der Waals surface area contributed by atoms with Crippen molar-refractivity contribution in [2.75, 3.05) is 33.4 Å². The topological polar surface area (TPSA) is 225 Å². The van der Waals surface area contributed by atoms with Crippen molar-refractivity contribution in [3.8, 4) is 17.2 Å². The maximum atomic E-state index is 14.1. The Morgan fingerprint density at radius 3 is 2.50 bits per heavy atom. The number of amides is 1. The van der Waals surface area contributed by atoms with Crippen LogP contribution in [0.15, 0.2) is 33.9 Å². The summed E-state index contributed by atoms with van der Waals surface area (Å²) in [7, 11) is 1.13. The number of H-pyrrole nitrogens is 1. The van der Waals surface area contributed by atoms with Crippen LogP contribution < -0.4 is 11.0 Å². The van der Waals surface area contributed by atoms with Crippen molar-refractivity contribution in [3.63, 3.8) is 0 Å². The fraction of sp³-hybridized carbons (Fsp3) is 0.281. The zero-order valence-electron chi connectivity index (χ0n) is 25.0. The summed E-state index contributed by atoms with van der Waals surface area (Å²) in [4.78, 5) is 84.0. The number of alkyl halides is 1. The van der Waals surface area contributed by atoms with Gasteiger partial charge in [0.2, 0.25) is 5.78 Å². The summed E-state index contributed by atoms with van der Waals surface area (Å²) in [5.74, 6) is -7.28. The lowest BCUT2D eigenvalue weighted by atomic mass is 9.76. The lowest BCUT2D eigenvalue weighted by Crippen LogP contribution is -2.46. The summed E-state index contributed by atoms with van der Waals surface area (Å²) in [5, 5.41) is 37.7. The number of benzene rings is 2. The molecule has 15 nitrogen and oxygen atoms in total. The van der Waals surface area contributed by atoms with Gasteiger partial charge in [-0.1, -0.05) is 22.0 Å². The van der Waals surface area contributed by atoms with E-state index in [1.165, 1.54) is 18.3 Å². The number of pyridine rings is 1. The largest absolute Gasteiger partial charge is 0.507 e. The van der Waals surface area contributed by atoms with Crippen LogP contribution in [0.4, 0.5) is 0 Å². The first-order valence-corrected chi connectivity index (χ1v) is 15.6. The number of nitrogens with zero attached hydrogens (tertiary/aromatic N) is 2. The monoisotopic (exact) mass is 720 g/mol. The van der Waals surface area contributed by atoms with Crippen molar-refractivity contribution >= 4 is 62.0 Å². The molecule has 1 aliphatic heterocycles. The Morgan fingerprint density at radius 1 is 1.10 bits per heavy atom. The van der Waals surface area contributed by atoms with E-state index < -0.39 is 85.3 Å². The summed E-state index contributed by atoms with van der Waals surface area (Å²) >= 11 is 3.44. The molecule has 1 unspecified atom stereocenters. The van der Waals surface area contributed by atoms with Crippen molar-refractivity contribution < 1.29 is 48.8 Å². The number of aryl methyl sites for hydroxylation is 1. The molecule has 3 aliphatic carbocycles. The van der Waals surface area contributed by atoms with Crippen LogP contribution in [-0.4, -0.2) is 98.8 Å². The molecule has 1 saturated heterocycles. The molecule has 0 bridgehead atoms. The quantitative estimate of drug-likeness (QED) is 0.0629. The predicted octanol–water partition coefficient (Wildman–Crippen LogP) is 1.32. The first-order chi connectivity index (χ1) is 22.9. The Morgan fingerprint density at radius 2 is 1.81 bits per heavy atom. The van der Waals surface area contributed by atoms with Gasteiger partial charge >= 0.3 is 0 Å². The van der Waals surface area contributed by atoms with Gasteiger partial charge in [0.25, 0.3) is 11.5 Å². The number of hydrogen-bond donors (Lipinski definition) is 5. The number of ketones is 4. The van der Waals surface area contributed by atoms with Gasteiger partial charge in [-0.25, -0.2) is 5.43 Å². The number of ether oxygens (including phenoxy) is 2. The van der Waals surface area contributed by atoms with E-state index in [0.29, 0.717) is 25.3 Å². The van der Waals surface area contributed by atoms with E-state index in [4.69, 9.17) is 9.47 Å². The number of carbonyl (C=O) groups excluding carboxylic acids is 5. The molecular formula is C32H25BrN4O11. The number of fused-ring (bicyclic) bond motifs is 5. The van der Waals surface area contributed by atoms with Gasteiger partial charge in [0, 0.05) is 18.2 Å². The number of aromatic hydroxyl groups is 3. The molecule has 246 valence electrons. The van der Waals surface area contributed by atoms with Gasteiger partial charge in [-0.05, 0) is 29.9 Å². The Labute approximate surface area is 278 Å². The number of nitrogens with one attached hydrogen (secondary N) is 2. The second kappa shape index (κ2) is 11.2. The highest BCUT2D eigenvalue weighted by atomic mass is 79.9. The van der Waals surface area contributed by atoms with E-state index in [9.17, 15) is 44.1 Å². The first-order valence-electron chi connectivity index (χ1n) is 14.7. The highest BCUT2D eigenvalue weighted by Crippen LogP contribution is 2.57. The Hall–Kier alpha value is -5.19. The van der Waals surface area contributed by atoms with Crippen LogP contribution in [0.1, 0.15) is 64.7 Å². The van der Waals surface area contributed by atoms with E-state index in [1.54, 1.807) is 0 Å². The molecule has 0 saturated carbocycles. The smallest absolute Gasteiger partial charge is 0.260 e. The zero-order valence-corrected chi connectivity index (χ0v) is 26.6. The third-order valence-electron chi connectivity index (χ3n) is 9.18. The SMILES string of the molecule is COC1=CC(=O)c2c(O)c3c(c(O)c2C1=O)C(=O)[C@]1(CCc2cc4cc(C=NNC(=O)CN5CCOCC5Br)[nH]c(=O)c4c(O)c21)C3=O. The molecule has 3 aromatic rings. The van der Waals surface area contributed by atoms with Crippen molar-refractivity contribution in [2.45, 2.75) is 23.2 Å². The van der Waals surface area contributed by atoms with Gasteiger partial charge in [0.05, 0.1) is 71.4 Å². The molecule has 16 heteroatoms. The normalized spacial score (nSPS) is 22.0. The number of hydrogen-bond acceptors (Lipinski definition) is 13. The van der Waals surface area contributed by atoms with Crippen molar-refractivity contribution in [3.05, 3.63) is 73.4 Å². The van der Waals surface area contributed by atoms with Crippen LogP contribution in [0.3, 0.4) is 0 Å². The number of allylic oxidation sites excluding steroid dienone is 2. The van der Waals surface area contributed by atoms with Gasteiger partial charge in [-0.15, -0.1) is 0 Å². The minimum Gasteiger partial charge on any atom is -0.507 e. The number of hydrazone groups is 1. The van der Waals surface area contributed by atoms with E-state index in [-0.39, 0.29) is 46.4 Å². The summed E-state index contributed by atoms with van der Waals surface area (Å²) < 4.78 is 10.2. The van der Waals surface area contributed by atoms with Crippen molar-refractivity contribution in [2.24, 2.45) is 5.10 Å². The van der Waals surface area contributed by atoms with Crippen molar-refractivity contribution in [1.29, 1.82) is 0 Å². The standard InChI is InChI=1S/C32H25BrN4O11/c1-47-16-8-15(38)20-21(25(16)40)27(42)23-22(26(20)41)29(44)32(30(23)45)3-2-12-6-13-7-14(35-31(46)19(13)28(43)24(12)32)9-34-36-18(39)10-37-4-5-48-11-17(37)33/h6-9,17,41-43H,2-5,10-11H2,1H3,(H,35,46)(H,36,39)/t17?,32-/m0/s1. The van der Waals surface area contributed by atoms with Crippen LogP contribution in [0.5, 0.6) is 17.2 Å². The van der Waals surface area contributed by atoms with Crippen LogP contribution in [0, 0.1) is 0 Å². The Balaban J connectivity index is 1.25. The van der Waals surface area contributed by atoms with Gasteiger partial charge < -0.3 is 29.8 Å². The summed E-state index contributed by atoms with van der Waals surface area (Å²) in [6, 6.07) is 3.03. The van der Waals surface area contributed by atoms with E-state index in [1.807, 2.05) is 4.90 Å². The molecular weight excluding hydrogens is 696 g/mol. The summed E-state index contributed by atoms with van der Waals surface area (Å²) in [6.07, 6.45) is 1.92. The lowest BCUT2D eigenvalue weighted by Gasteiger charge is -2.30. The molecule has 1 spiro atoms. The molecule has 7 rings (SSSR count). The fourth-order valence-corrected chi connectivity index (χ4v) is 7.54. The number of phenols is 3. The molecule has 1 fully saturated rings. The van der Waals surface area contributed by atoms with Crippen LogP contribution >= 0.6 is 15.9 Å². The Bertz CT molecular complexity index is 2170. The second-order valence-electron chi connectivity index (χ2n) is 11.7. The molecule has 2 heterocycles. The molecule has 2 atom stereocenters. The van der Waals surface area contributed by atoms with Gasteiger partial charge in [-0.2, -0.15) is 5.10 Å². The van der Waals surface area contributed by atoms with E-state index in [0.717, 1.165) is 13.2 Å². The predicted molar refractivity (Wildman–Crippen MR) is 169 cm³/mol. The number of Topliss-reactive ketones (excluding diaryl/α,β-unsaturated/α-hetero) is 3. The number of rotatable bonds is 5. The maximum Gasteiger partial charge on any atom is 0.260 e. The molecule has 2 aromatic carbocycles. The van der Waals surface area contributed by atoms with E-state index in [2.05, 4.69) is 31.4 Å². The van der Waals surface area contributed by atoms with Gasteiger partial charge in [-0.3, -0.25) is 33.7 Å².